The van der Waals surface area contributed by atoms with Crippen molar-refractivity contribution in [2.45, 2.75) is 216 Å². The maximum atomic E-state index is 14.3. The van der Waals surface area contributed by atoms with E-state index in [4.69, 9.17) is 37.3 Å². The molecule has 4 fully saturated rings. The maximum absolute atomic E-state index is 14.3. The van der Waals surface area contributed by atoms with E-state index in [0.717, 1.165) is 81.3 Å². The van der Waals surface area contributed by atoms with Gasteiger partial charge in [0.05, 0.1) is 79.3 Å². The van der Waals surface area contributed by atoms with Crippen molar-refractivity contribution < 1.29 is 45.7 Å². The van der Waals surface area contributed by atoms with Crippen molar-refractivity contribution in [1.82, 2.24) is 0 Å². The van der Waals surface area contributed by atoms with Crippen LogP contribution in [0, 0.1) is 11.8 Å². The molecule has 4 aliphatic heterocycles. The number of rotatable bonds is 20. The first-order chi connectivity index (χ1) is 29.3. The second-order valence-electron chi connectivity index (χ2n) is 22.1. The molecule has 0 N–H and O–H groups in total. The highest BCUT2D eigenvalue weighted by atomic mass is 32.2. The van der Waals surface area contributed by atoms with Crippen molar-refractivity contribution in [3.8, 4) is 0 Å². The Morgan fingerprint density at radius 3 is 2.05 bits per heavy atom. The van der Waals surface area contributed by atoms with E-state index < -0.39 is 50.7 Å². The van der Waals surface area contributed by atoms with Gasteiger partial charge in [0, 0.05) is 32.3 Å². The van der Waals surface area contributed by atoms with Crippen molar-refractivity contribution in [3.05, 3.63) is 54.1 Å². The first kappa shape index (κ1) is 52.7. The standard InChI is InChI=1S/C50H86O10SSi2/c1-16-37-18-22-41(23-19-37)61(51,52)33-42-45(59-46(48(42)53-11)30-40(60-63(14,15)50(8,9)10)32-56-62(12,13)49(5,6)7)31-44-36(4)34(2)28-38(58-44)20-24-43-35(3)29-39(57-43)21-25-47-54-26-17-27-55-47/h18-19,22-23,34,38-40,42-48H,3-4,16-17,20-21,24-33H2,1-2,5-15H3/t34-,38-,39-,40?,42-,43-,44+,45-,46+,48-/m0/s1. The van der Waals surface area contributed by atoms with Crippen molar-refractivity contribution in [1.29, 1.82) is 0 Å². The molecule has 0 aliphatic carbocycles. The van der Waals surface area contributed by atoms with E-state index in [9.17, 15) is 8.42 Å². The summed E-state index contributed by atoms with van der Waals surface area (Å²) in [4.78, 5) is 0.319. The smallest absolute Gasteiger partial charge is 0.192 e. The number of sulfone groups is 1. The van der Waals surface area contributed by atoms with Crippen molar-refractivity contribution in [2.24, 2.45) is 11.8 Å². The average molecular weight is 935 g/mol. The Kier molecular flexibility index (Phi) is 18.3. The van der Waals surface area contributed by atoms with E-state index in [1.54, 1.807) is 19.2 Å². The number of benzene rings is 1. The van der Waals surface area contributed by atoms with Gasteiger partial charge in [-0.15, -0.1) is 0 Å². The Bertz CT molecular complexity index is 1750. The minimum absolute atomic E-state index is 0.000437. The van der Waals surface area contributed by atoms with Gasteiger partial charge in [-0.2, -0.15) is 0 Å². The summed E-state index contributed by atoms with van der Waals surface area (Å²) in [6.07, 6.45) is 5.97. The summed E-state index contributed by atoms with van der Waals surface area (Å²) >= 11 is 0. The van der Waals surface area contributed by atoms with Gasteiger partial charge in [-0.3, -0.25) is 0 Å². The van der Waals surface area contributed by atoms with E-state index in [2.05, 4.69) is 94.7 Å². The molecule has 360 valence electrons. The molecule has 0 saturated carbocycles. The predicted octanol–water partition coefficient (Wildman–Crippen LogP) is 11.0. The Morgan fingerprint density at radius 1 is 0.825 bits per heavy atom. The Balaban J connectivity index is 1.35. The lowest BCUT2D eigenvalue weighted by Crippen LogP contribution is -2.49. The van der Waals surface area contributed by atoms with Crippen LogP contribution < -0.4 is 0 Å². The third kappa shape index (κ3) is 13.9. The summed E-state index contributed by atoms with van der Waals surface area (Å²) in [5, 5.41) is 0.0150. The van der Waals surface area contributed by atoms with Crippen LogP contribution in [0.5, 0.6) is 0 Å². The molecule has 5 rings (SSSR count). The first-order valence-corrected chi connectivity index (χ1v) is 31.5. The van der Waals surface area contributed by atoms with E-state index >= 15 is 0 Å². The van der Waals surface area contributed by atoms with Crippen LogP contribution in [0.1, 0.15) is 119 Å². The lowest BCUT2D eigenvalue weighted by atomic mass is 9.83. The Labute approximate surface area is 385 Å². The van der Waals surface area contributed by atoms with Crippen LogP contribution in [-0.2, 0) is 53.5 Å². The molecule has 63 heavy (non-hydrogen) atoms. The lowest BCUT2D eigenvalue weighted by Gasteiger charge is -2.42. The molecule has 10 atom stereocenters. The normalized spacial score (nSPS) is 30.0. The fraction of sp³-hybridized carbons (Fsp3) is 0.800. The number of ether oxygens (including phenoxy) is 6. The number of aryl methyl sites for hydroxylation is 1. The second-order valence-corrected chi connectivity index (χ2v) is 33.7. The number of methoxy groups -OCH3 is 1. The largest absolute Gasteiger partial charge is 0.414 e. The molecule has 4 saturated heterocycles. The molecule has 1 unspecified atom stereocenters. The van der Waals surface area contributed by atoms with Gasteiger partial charge in [-0.25, -0.2) is 8.42 Å². The maximum Gasteiger partial charge on any atom is 0.192 e. The van der Waals surface area contributed by atoms with Crippen LogP contribution in [0.4, 0.5) is 0 Å². The SMILES string of the molecule is C=C1C[C@H](CCC2OCCCO2)O[C@H]1CC[C@H]1C[C@H](C)C(=C)[C@@H](C[C@@H]2O[C@H](CC(CO[Si](C)(C)C(C)(C)C)O[Si](C)(C)C(C)(C)C)[C@@H](OC)[C@H]2CS(=O)(=O)c2ccc(CC)cc2)O1. The molecule has 1 aromatic carbocycles. The van der Waals surface area contributed by atoms with Gasteiger partial charge in [0.2, 0.25) is 0 Å². The lowest BCUT2D eigenvalue weighted by molar-refractivity contribution is -0.184. The Hall–Kier alpha value is -1.24. The van der Waals surface area contributed by atoms with E-state index in [1.807, 2.05) is 12.1 Å². The molecule has 13 heteroatoms. The minimum atomic E-state index is -3.71. The molecule has 0 radical (unpaired) electrons. The van der Waals surface area contributed by atoms with Crippen LogP contribution in [0.15, 0.2) is 53.5 Å². The molecule has 4 heterocycles. The molecule has 0 aromatic heterocycles. The summed E-state index contributed by atoms with van der Waals surface area (Å²) in [6, 6.07) is 7.30. The molecule has 4 aliphatic rings. The molecule has 0 spiro atoms. The van der Waals surface area contributed by atoms with Gasteiger partial charge in [0.25, 0.3) is 0 Å². The van der Waals surface area contributed by atoms with Gasteiger partial charge in [0.15, 0.2) is 32.8 Å². The van der Waals surface area contributed by atoms with Crippen LogP contribution >= 0.6 is 0 Å². The zero-order chi connectivity index (χ0) is 46.5. The Morgan fingerprint density at radius 2 is 1.44 bits per heavy atom. The van der Waals surface area contributed by atoms with Gasteiger partial charge < -0.3 is 37.3 Å². The fourth-order valence-corrected chi connectivity index (χ4v) is 13.1. The van der Waals surface area contributed by atoms with Crippen molar-refractivity contribution >= 4 is 26.5 Å². The predicted molar refractivity (Wildman–Crippen MR) is 258 cm³/mol. The summed E-state index contributed by atoms with van der Waals surface area (Å²) in [7, 11) is -6.39. The van der Waals surface area contributed by atoms with Gasteiger partial charge in [0.1, 0.15) is 0 Å². The second kappa shape index (κ2) is 21.8. The molecule has 10 nitrogen and oxygen atoms in total. The summed E-state index contributed by atoms with van der Waals surface area (Å²) in [5.74, 6) is -0.324. The summed E-state index contributed by atoms with van der Waals surface area (Å²) in [5.41, 5.74) is 3.27. The van der Waals surface area contributed by atoms with Crippen LogP contribution in [0.25, 0.3) is 0 Å². The van der Waals surface area contributed by atoms with Gasteiger partial charge >= 0.3 is 0 Å². The van der Waals surface area contributed by atoms with Crippen LogP contribution in [0.3, 0.4) is 0 Å². The zero-order valence-electron chi connectivity index (χ0n) is 41.5. The quantitative estimate of drug-likeness (QED) is 0.0926. The van der Waals surface area contributed by atoms with Gasteiger partial charge in [-0.05, 0) is 116 Å². The molecule has 0 bridgehead atoms. The zero-order valence-corrected chi connectivity index (χ0v) is 44.3. The highest BCUT2D eigenvalue weighted by molar-refractivity contribution is 7.91. The van der Waals surface area contributed by atoms with Crippen molar-refractivity contribution in [2.75, 3.05) is 32.7 Å². The van der Waals surface area contributed by atoms with E-state index in [1.165, 1.54) is 0 Å². The minimum Gasteiger partial charge on any atom is -0.414 e. The molecule has 0 amide bonds. The summed E-state index contributed by atoms with van der Waals surface area (Å²) < 4.78 is 81.2. The van der Waals surface area contributed by atoms with E-state index in [0.29, 0.717) is 24.3 Å². The number of hydrogen-bond donors (Lipinski definition) is 0. The van der Waals surface area contributed by atoms with Crippen LogP contribution in [0.2, 0.25) is 36.3 Å². The molecule has 1 aromatic rings. The topological polar surface area (TPSA) is 108 Å². The third-order valence-corrected chi connectivity index (χ3v) is 26.2. The van der Waals surface area contributed by atoms with Crippen LogP contribution in [-0.4, -0.2) is 113 Å². The highest BCUT2D eigenvalue weighted by Gasteiger charge is 2.50. The van der Waals surface area contributed by atoms with E-state index in [-0.39, 0.29) is 58.6 Å². The fourth-order valence-electron chi connectivity index (χ4n) is 9.09. The molecular formula is C50H86O10SSi2. The highest BCUT2D eigenvalue weighted by Crippen LogP contribution is 2.44. The van der Waals surface area contributed by atoms with Gasteiger partial charge in [-0.1, -0.05) is 80.7 Å². The van der Waals surface area contributed by atoms with Crippen molar-refractivity contribution in [3.63, 3.8) is 0 Å². The summed E-state index contributed by atoms with van der Waals surface area (Å²) in [6.45, 7) is 37.8. The number of hydrogen-bond acceptors (Lipinski definition) is 10. The molecular weight excluding hydrogens is 849 g/mol. The monoisotopic (exact) mass is 935 g/mol. The average Bonchev–Trinajstić information content (AvgIpc) is 3.73. The first-order valence-electron chi connectivity index (χ1n) is 24.1. The third-order valence-electron chi connectivity index (χ3n) is 15.3.